The van der Waals surface area contributed by atoms with Gasteiger partial charge in [-0.25, -0.2) is 0 Å². The molecule has 56 valence electrons. The Bertz CT molecular complexity index is 298. The summed E-state index contributed by atoms with van der Waals surface area (Å²) in [6, 6.07) is 1.99. The van der Waals surface area contributed by atoms with Crippen molar-refractivity contribution in [2.24, 2.45) is 0 Å². The minimum absolute atomic E-state index is 0.583. The van der Waals surface area contributed by atoms with Crippen molar-refractivity contribution in [3.63, 3.8) is 0 Å². The molecular formula is C8H7NOS. The van der Waals surface area contributed by atoms with Crippen LogP contribution in [0.3, 0.4) is 0 Å². The third kappa shape index (κ3) is 1.12. The molecule has 0 bridgehead atoms. The van der Waals surface area contributed by atoms with E-state index in [1.54, 1.807) is 12.4 Å². The SMILES string of the molecule is S=C1OCCc2ccncc21. The van der Waals surface area contributed by atoms with Crippen LogP contribution in [-0.2, 0) is 11.2 Å². The van der Waals surface area contributed by atoms with Crippen LogP contribution in [0.15, 0.2) is 18.5 Å². The summed E-state index contributed by atoms with van der Waals surface area (Å²) in [4.78, 5) is 3.98. The van der Waals surface area contributed by atoms with Crippen molar-refractivity contribution >= 4 is 17.3 Å². The first-order valence-corrected chi connectivity index (χ1v) is 3.89. The van der Waals surface area contributed by atoms with E-state index in [-0.39, 0.29) is 0 Å². The van der Waals surface area contributed by atoms with Gasteiger partial charge in [0.05, 0.1) is 6.61 Å². The highest BCUT2D eigenvalue weighted by Gasteiger charge is 2.13. The molecule has 0 atom stereocenters. The molecule has 3 heteroatoms. The fourth-order valence-corrected chi connectivity index (χ4v) is 1.42. The highest BCUT2D eigenvalue weighted by atomic mass is 32.1. The van der Waals surface area contributed by atoms with Crippen LogP contribution >= 0.6 is 12.2 Å². The number of fused-ring (bicyclic) bond motifs is 1. The van der Waals surface area contributed by atoms with Crippen molar-refractivity contribution in [3.8, 4) is 0 Å². The predicted molar refractivity (Wildman–Crippen MR) is 45.6 cm³/mol. The average Bonchev–Trinajstić information content (AvgIpc) is 2.06. The van der Waals surface area contributed by atoms with Crippen LogP contribution in [0.1, 0.15) is 11.1 Å². The molecule has 2 heterocycles. The molecule has 0 saturated carbocycles. The minimum atomic E-state index is 0.583. The Labute approximate surface area is 70.2 Å². The van der Waals surface area contributed by atoms with Gasteiger partial charge in [-0.3, -0.25) is 4.98 Å². The lowest BCUT2D eigenvalue weighted by molar-refractivity contribution is 0.308. The molecule has 1 aliphatic rings. The predicted octanol–water partition coefficient (Wildman–Crippen LogP) is 1.33. The largest absolute Gasteiger partial charge is 0.482 e. The van der Waals surface area contributed by atoms with Crippen LogP contribution in [0.5, 0.6) is 0 Å². The number of hydrogen-bond donors (Lipinski definition) is 0. The second-order valence-corrected chi connectivity index (χ2v) is 2.79. The summed E-state index contributed by atoms with van der Waals surface area (Å²) >= 11 is 5.00. The molecule has 0 N–H and O–H groups in total. The first kappa shape index (κ1) is 6.73. The highest BCUT2D eigenvalue weighted by molar-refractivity contribution is 7.80. The first-order chi connectivity index (χ1) is 5.38. The Morgan fingerprint density at radius 2 is 2.45 bits per heavy atom. The Morgan fingerprint density at radius 3 is 3.27 bits per heavy atom. The molecule has 0 aromatic carbocycles. The normalized spacial score (nSPS) is 15.5. The zero-order valence-electron chi connectivity index (χ0n) is 5.91. The zero-order valence-corrected chi connectivity index (χ0v) is 6.73. The van der Waals surface area contributed by atoms with Crippen LogP contribution in [0.2, 0.25) is 0 Å². The summed E-state index contributed by atoms with van der Waals surface area (Å²) in [5.41, 5.74) is 2.23. The van der Waals surface area contributed by atoms with Crippen molar-refractivity contribution in [1.82, 2.24) is 4.98 Å². The smallest absolute Gasteiger partial charge is 0.192 e. The number of ether oxygens (including phenoxy) is 1. The van der Waals surface area contributed by atoms with Gasteiger partial charge in [0.15, 0.2) is 5.05 Å². The van der Waals surface area contributed by atoms with E-state index in [1.165, 1.54) is 5.56 Å². The zero-order chi connectivity index (χ0) is 7.68. The van der Waals surface area contributed by atoms with Gasteiger partial charge in [0.25, 0.3) is 0 Å². The molecule has 0 aliphatic carbocycles. The van der Waals surface area contributed by atoms with Crippen molar-refractivity contribution in [1.29, 1.82) is 0 Å². The Kier molecular flexibility index (Phi) is 1.58. The van der Waals surface area contributed by atoms with Gasteiger partial charge in [0.2, 0.25) is 0 Å². The van der Waals surface area contributed by atoms with E-state index in [1.807, 2.05) is 6.07 Å². The van der Waals surface area contributed by atoms with Crippen molar-refractivity contribution in [2.45, 2.75) is 6.42 Å². The standard InChI is InChI=1S/C8H7NOS/c11-8-7-5-9-3-1-6(7)2-4-10-8/h1,3,5H,2,4H2. The molecule has 0 radical (unpaired) electrons. The molecule has 0 unspecified atom stereocenters. The molecule has 1 aromatic heterocycles. The molecule has 11 heavy (non-hydrogen) atoms. The van der Waals surface area contributed by atoms with Gasteiger partial charge in [-0.15, -0.1) is 0 Å². The number of hydrogen-bond acceptors (Lipinski definition) is 3. The molecule has 1 aromatic rings. The van der Waals surface area contributed by atoms with E-state index >= 15 is 0 Å². The van der Waals surface area contributed by atoms with Gasteiger partial charge >= 0.3 is 0 Å². The van der Waals surface area contributed by atoms with Crippen LogP contribution in [0.25, 0.3) is 0 Å². The summed E-state index contributed by atoms with van der Waals surface area (Å²) in [6.07, 6.45) is 4.49. The molecule has 1 aliphatic heterocycles. The highest BCUT2D eigenvalue weighted by Crippen LogP contribution is 2.15. The maximum absolute atomic E-state index is 5.20. The van der Waals surface area contributed by atoms with E-state index < -0.39 is 0 Å². The molecule has 0 saturated heterocycles. The lowest BCUT2D eigenvalue weighted by atomic mass is 10.1. The van der Waals surface area contributed by atoms with Crippen molar-refractivity contribution < 1.29 is 4.74 Å². The number of rotatable bonds is 0. The van der Waals surface area contributed by atoms with E-state index in [4.69, 9.17) is 17.0 Å². The van der Waals surface area contributed by atoms with E-state index in [9.17, 15) is 0 Å². The lowest BCUT2D eigenvalue weighted by Gasteiger charge is -2.16. The fraction of sp³-hybridized carbons (Fsp3) is 0.250. The van der Waals surface area contributed by atoms with Crippen LogP contribution in [-0.4, -0.2) is 16.6 Å². The Hall–Kier alpha value is -0.960. The second-order valence-electron chi connectivity index (χ2n) is 2.42. The third-order valence-electron chi connectivity index (χ3n) is 1.74. The van der Waals surface area contributed by atoms with Gasteiger partial charge in [-0.1, -0.05) is 0 Å². The van der Waals surface area contributed by atoms with Gasteiger partial charge < -0.3 is 4.74 Å². The summed E-state index contributed by atoms with van der Waals surface area (Å²) < 4.78 is 5.20. The first-order valence-electron chi connectivity index (χ1n) is 3.48. The van der Waals surface area contributed by atoms with E-state index in [2.05, 4.69) is 4.98 Å². The summed E-state index contributed by atoms with van der Waals surface area (Å²) in [5, 5.41) is 0.583. The van der Waals surface area contributed by atoms with Gasteiger partial charge in [-0.2, -0.15) is 0 Å². The summed E-state index contributed by atoms with van der Waals surface area (Å²) in [5.74, 6) is 0. The van der Waals surface area contributed by atoms with Crippen molar-refractivity contribution in [2.75, 3.05) is 6.61 Å². The Morgan fingerprint density at radius 1 is 1.55 bits per heavy atom. The average molecular weight is 165 g/mol. The van der Waals surface area contributed by atoms with Gasteiger partial charge in [-0.05, 0) is 23.8 Å². The summed E-state index contributed by atoms with van der Waals surface area (Å²) in [7, 11) is 0. The quantitative estimate of drug-likeness (QED) is 0.541. The third-order valence-corrected chi connectivity index (χ3v) is 2.07. The molecule has 2 nitrogen and oxygen atoms in total. The lowest BCUT2D eigenvalue weighted by Crippen LogP contribution is -2.16. The summed E-state index contributed by atoms with van der Waals surface area (Å²) in [6.45, 7) is 0.704. The monoisotopic (exact) mass is 165 g/mol. The topological polar surface area (TPSA) is 22.1 Å². The number of aromatic nitrogens is 1. The van der Waals surface area contributed by atoms with E-state index in [0.717, 1.165) is 12.0 Å². The minimum Gasteiger partial charge on any atom is -0.482 e. The molecule has 0 fully saturated rings. The van der Waals surface area contributed by atoms with Crippen molar-refractivity contribution in [3.05, 3.63) is 29.6 Å². The fourth-order valence-electron chi connectivity index (χ4n) is 1.16. The van der Waals surface area contributed by atoms with E-state index in [0.29, 0.717) is 11.7 Å². The second kappa shape index (κ2) is 2.58. The number of thiocarbonyl (C=S) groups is 1. The van der Waals surface area contributed by atoms with Gasteiger partial charge in [0, 0.05) is 24.4 Å². The van der Waals surface area contributed by atoms with Crippen LogP contribution < -0.4 is 0 Å². The maximum atomic E-state index is 5.20. The molecule has 0 spiro atoms. The number of pyridine rings is 1. The number of nitrogens with zero attached hydrogens (tertiary/aromatic N) is 1. The van der Waals surface area contributed by atoms with Crippen LogP contribution in [0.4, 0.5) is 0 Å². The van der Waals surface area contributed by atoms with Gasteiger partial charge in [0.1, 0.15) is 0 Å². The molecule has 0 amide bonds. The Balaban J connectivity index is 2.52. The van der Waals surface area contributed by atoms with Crippen LogP contribution in [0, 0.1) is 0 Å². The molecular weight excluding hydrogens is 158 g/mol. The maximum Gasteiger partial charge on any atom is 0.192 e. The molecule has 2 rings (SSSR count).